The molecule has 0 amide bonds. The number of rotatable bonds is 3. The summed E-state index contributed by atoms with van der Waals surface area (Å²) in [4.78, 5) is 20.5. The summed E-state index contributed by atoms with van der Waals surface area (Å²) in [5.74, 6) is 1.61. The number of hydrogen-bond donors (Lipinski definition) is 0. The average molecular weight is 207 g/mol. The molecule has 0 saturated carbocycles. The minimum atomic E-state index is 0.532. The Morgan fingerprint density at radius 3 is 2.71 bits per heavy atom. The monoisotopic (exact) mass is 206 g/mol. The lowest BCUT2D eigenvalue weighted by Gasteiger charge is -1.98. The second-order valence-corrected chi connectivity index (χ2v) is 2.97. The number of carbonyl (C=O) groups excluding carboxylic acids is 2. The van der Waals surface area contributed by atoms with Crippen LogP contribution in [0.2, 0.25) is 5.02 Å². The van der Waals surface area contributed by atoms with E-state index in [0.29, 0.717) is 16.1 Å². The molecule has 70 valence electrons. The number of aldehydes is 1. The summed E-state index contributed by atoms with van der Waals surface area (Å²) in [7, 11) is 0. The maximum absolute atomic E-state index is 10.6. The van der Waals surface area contributed by atoms with Crippen molar-refractivity contribution in [2.45, 2.75) is 0 Å². The molecule has 0 heterocycles. The molecular weight excluding hydrogens is 200 g/mol. The summed E-state index contributed by atoms with van der Waals surface area (Å²) >= 11 is 5.75. The third-order valence-electron chi connectivity index (χ3n) is 1.62. The molecule has 0 aliphatic carbocycles. The first-order valence-corrected chi connectivity index (χ1v) is 4.28. The van der Waals surface area contributed by atoms with E-state index in [0.717, 1.165) is 6.29 Å². The van der Waals surface area contributed by atoms with Crippen LogP contribution in [0.1, 0.15) is 15.9 Å². The van der Waals surface area contributed by atoms with Gasteiger partial charge in [-0.05, 0) is 23.8 Å². The van der Waals surface area contributed by atoms with Crippen molar-refractivity contribution >= 4 is 29.9 Å². The molecule has 0 unspecified atom stereocenters. The van der Waals surface area contributed by atoms with Crippen LogP contribution in [0, 0.1) is 0 Å². The van der Waals surface area contributed by atoms with Crippen molar-refractivity contribution in [1.82, 2.24) is 0 Å². The van der Waals surface area contributed by atoms with Crippen molar-refractivity contribution in [2.24, 2.45) is 0 Å². The van der Waals surface area contributed by atoms with Gasteiger partial charge in [0.25, 0.3) is 0 Å². The molecular formula is C11H7ClO2. The summed E-state index contributed by atoms with van der Waals surface area (Å²) < 4.78 is 0. The highest BCUT2D eigenvalue weighted by molar-refractivity contribution is 6.30. The number of benzene rings is 1. The third-order valence-corrected chi connectivity index (χ3v) is 1.85. The lowest BCUT2D eigenvalue weighted by molar-refractivity contribution is 0.112. The van der Waals surface area contributed by atoms with E-state index in [-0.39, 0.29) is 0 Å². The van der Waals surface area contributed by atoms with Gasteiger partial charge in [0, 0.05) is 16.7 Å². The van der Waals surface area contributed by atoms with E-state index in [1.807, 2.05) is 0 Å². The summed E-state index contributed by atoms with van der Waals surface area (Å²) in [5.41, 5.74) is 1.21. The van der Waals surface area contributed by atoms with Crippen molar-refractivity contribution in [1.29, 1.82) is 0 Å². The van der Waals surface area contributed by atoms with Crippen molar-refractivity contribution in [2.75, 3.05) is 0 Å². The maximum Gasteiger partial charge on any atom is 0.150 e. The minimum Gasteiger partial charge on any atom is -0.298 e. The average Bonchev–Trinajstić information content (AvgIpc) is 2.19. The molecule has 0 N–H and O–H groups in total. The smallest absolute Gasteiger partial charge is 0.150 e. The van der Waals surface area contributed by atoms with E-state index in [4.69, 9.17) is 11.6 Å². The predicted octanol–water partition coefficient (Wildman–Crippen LogP) is 2.55. The molecule has 0 atom stereocenters. The molecule has 1 rings (SSSR count). The zero-order chi connectivity index (χ0) is 10.4. The highest BCUT2D eigenvalue weighted by Gasteiger charge is 1.98. The summed E-state index contributed by atoms with van der Waals surface area (Å²) in [5, 5.41) is 0.547. The first-order chi connectivity index (χ1) is 6.77. The van der Waals surface area contributed by atoms with Gasteiger partial charge in [-0.1, -0.05) is 23.8 Å². The van der Waals surface area contributed by atoms with Crippen LogP contribution >= 0.6 is 11.6 Å². The summed E-state index contributed by atoms with van der Waals surface area (Å²) in [6.45, 7) is 0. The van der Waals surface area contributed by atoms with Crippen molar-refractivity contribution in [3.8, 4) is 0 Å². The van der Waals surface area contributed by atoms with Gasteiger partial charge in [0.05, 0.1) is 0 Å². The third kappa shape index (κ3) is 2.70. The standard InChI is InChI=1S/C11H7ClO2/c12-11-5-4-10(8-14)9(7-11)3-1-2-6-13/h1-5,7-8H/b3-1+. The Morgan fingerprint density at radius 1 is 1.29 bits per heavy atom. The van der Waals surface area contributed by atoms with Crippen LogP contribution in [0.15, 0.2) is 30.4 Å². The number of halogens is 1. The highest BCUT2D eigenvalue weighted by Crippen LogP contribution is 2.16. The Kier molecular flexibility index (Phi) is 3.86. The largest absolute Gasteiger partial charge is 0.298 e. The lowest BCUT2D eigenvalue weighted by Crippen LogP contribution is -1.84. The van der Waals surface area contributed by atoms with Crippen molar-refractivity contribution < 1.29 is 9.59 Å². The zero-order valence-corrected chi connectivity index (χ0v) is 7.99. The molecule has 0 bridgehead atoms. The molecule has 1 aromatic rings. The number of carbonyl (C=O) groups is 1. The Labute approximate surface area is 86.5 Å². The Balaban J connectivity index is 3.10. The first-order valence-electron chi connectivity index (χ1n) is 3.90. The molecule has 14 heavy (non-hydrogen) atoms. The van der Waals surface area contributed by atoms with Crippen molar-refractivity contribution in [3.05, 3.63) is 46.5 Å². The van der Waals surface area contributed by atoms with Gasteiger partial charge in [0.1, 0.15) is 5.94 Å². The highest BCUT2D eigenvalue weighted by atomic mass is 35.5. The summed E-state index contributed by atoms with van der Waals surface area (Å²) in [6, 6.07) is 4.91. The Hall–Kier alpha value is -1.63. The fraction of sp³-hybridized carbons (Fsp3) is 0. The van der Waals surface area contributed by atoms with Gasteiger partial charge in [-0.25, -0.2) is 4.79 Å². The van der Waals surface area contributed by atoms with E-state index in [1.165, 1.54) is 12.2 Å². The number of hydrogen-bond acceptors (Lipinski definition) is 2. The molecule has 2 nitrogen and oxygen atoms in total. The van der Waals surface area contributed by atoms with Crippen LogP contribution in [0.4, 0.5) is 0 Å². The Bertz CT molecular complexity index is 415. The quantitative estimate of drug-likeness (QED) is 0.433. The van der Waals surface area contributed by atoms with E-state index in [9.17, 15) is 9.59 Å². The number of allylic oxidation sites excluding steroid dienone is 2. The normalized spacial score (nSPS) is 9.79. The lowest BCUT2D eigenvalue weighted by atomic mass is 10.1. The molecule has 0 spiro atoms. The van der Waals surface area contributed by atoms with Gasteiger partial charge in [-0.2, -0.15) is 0 Å². The molecule has 0 fully saturated rings. The van der Waals surface area contributed by atoms with Crippen LogP contribution in [0.25, 0.3) is 6.08 Å². The topological polar surface area (TPSA) is 34.1 Å². The SMILES string of the molecule is O=C=C/C=C/c1cc(Cl)ccc1C=O. The van der Waals surface area contributed by atoms with E-state index < -0.39 is 0 Å². The summed E-state index contributed by atoms with van der Waals surface area (Å²) in [6.07, 6.45) is 5.09. The van der Waals surface area contributed by atoms with Crippen LogP contribution in [-0.2, 0) is 4.79 Å². The molecule has 0 radical (unpaired) electrons. The van der Waals surface area contributed by atoms with E-state index in [1.54, 1.807) is 30.2 Å². The molecule has 0 aliphatic heterocycles. The second kappa shape index (κ2) is 5.18. The fourth-order valence-electron chi connectivity index (χ4n) is 0.988. The van der Waals surface area contributed by atoms with Gasteiger partial charge in [0.2, 0.25) is 0 Å². The van der Waals surface area contributed by atoms with Crippen LogP contribution < -0.4 is 0 Å². The second-order valence-electron chi connectivity index (χ2n) is 2.53. The van der Waals surface area contributed by atoms with E-state index in [2.05, 4.69) is 0 Å². The fourth-order valence-corrected chi connectivity index (χ4v) is 1.17. The predicted molar refractivity (Wildman–Crippen MR) is 56.1 cm³/mol. The van der Waals surface area contributed by atoms with Gasteiger partial charge in [-0.3, -0.25) is 4.79 Å². The van der Waals surface area contributed by atoms with Crippen LogP contribution in [0.3, 0.4) is 0 Å². The maximum atomic E-state index is 10.6. The minimum absolute atomic E-state index is 0.532. The van der Waals surface area contributed by atoms with Crippen LogP contribution in [-0.4, -0.2) is 12.2 Å². The van der Waals surface area contributed by atoms with Gasteiger partial charge in [0.15, 0.2) is 6.29 Å². The van der Waals surface area contributed by atoms with Gasteiger partial charge >= 0.3 is 0 Å². The van der Waals surface area contributed by atoms with Crippen molar-refractivity contribution in [3.63, 3.8) is 0 Å². The zero-order valence-electron chi connectivity index (χ0n) is 7.24. The van der Waals surface area contributed by atoms with Gasteiger partial charge < -0.3 is 0 Å². The first kappa shape index (κ1) is 10.5. The molecule has 0 saturated heterocycles. The molecule has 3 heteroatoms. The van der Waals surface area contributed by atoms with Gasteiger partial charge in [-0.15, -0.1) is 0 Å². The van der Waals surface area contributed by atoms with E-state index >= 15 is 0 Å². The molecule has 0 aromatic heterocycles. The molecule has 1 aromatic carbocycles. The van der Waals surface area contributed by atoms with Crippen LogP contribution in [0.5, 0.6) is 0 Å². The molecule has 0 aliphatic rings. The Morgan fingerprint density at radius 2 is 2.07 bits per heavy atom.